The highest BCUT2D eigenvalue weighted by Crippen LogP contribution is 2.39. The van der Waals surface area contributed by atoms with Crippen LogP contribution in [0.4, 0.5) is 0 Å². The number of hydrogen-bond donors (Lipinski definition) is 0. The average molecular weight is 314 g/mol. The Labute approximate surface area is 146 Å². The molecule has 3 aromatic carbocycles. The molecule has 0 bridgehead atoms. The van der Waals surface area contributed by atoms with E-state index in [1.165, 1.54) is 44.5 Å². The SMILES string of the molecule is CC.Cc1ccc(C)c(-c2cccc3c2CCc2ccccc2-3)c1. The Hall–Kier alpha value is -2.34. The van der Waals surface area contributed by atoms with E-state index in [-0.39, 0.29) is 0 Å². The summed E-state index contributed by atoms with van der Waals surface area (Å²) in [4.78, 5) is 0. The largest absolute Gasteiger partial charge is 0.0683 e. The van der Waals surface area contributed by atoms with Crippen molar-refractivity contribution >= 4 is 0 Å². The van der Waals surface area contributed by atoms with Crippen molar-refractivity contribution in [2.24, 2.45) is 0 Å². The molecule has 0 saturated carbocycles. The zero-order valence-corrected chi connectivity index (χ0v) is 15.2. The first-order valence-electron chi connectivity index (χ1n) is 9.02. The first-order chi connectivity index (χ1) is 11.7. The van der Waals surface area contributed by atoms with E-state index < -0.39 is 0 Å². The summed E-state index contributed by atoms with van der Waals surface area (Å²) in [6, 6.07) is 22.4. The Bertz CT molecular complexity index is 856. The molecule has 1 aliphatic carbocycles. The Kier molecular flexibility index (Phi) is 4.85. The fraction of sp³-hybridized carbons (Fsp3) is 0.250. The number of rotatable bonds is 1. The average Bonchev–Trinajstić information content (AvgIpc) is 2.65. The second-order valence-corrected chi connectivity index (χ2v) is 6.31. The number of hydrogen-bond acceptors (Lipinski definition) is 0. The second kappa shape index (κ2) is 7.05. The third-order valence-corrected chi connectivity index (χ3v) is 4.81. The molecular weight excluding hydrogens is 288 g/mol. The third kappa shape index (κ3) is 2.89. The van der Waals surface area contributed by atoms with Gasteiger partial charge in [0.25, 0.3) is 0 Å². The molecule has 4 rings (SSSR count). The van der Waals surface area contributed by atoms with Crippen molar-refractivity contribution in [2.45, 2.75) is 40.5 Å². The van der Waals surface area contributed by atoms with E-state index in [4.69, 9.17) is 0 Å². The molecule has 0 saturated heterocycles. The van der Waals surface area contributed by atoms with E-state index >= 15 is 0 Å². The van der Waals surface area contributed by atoms with Crippen molar-refractivity contribution < 1.29 is 0 Å². The van der Waals surface area contributed by atoms with Gasteiger partial charge in [0.1, 0.15) is 0 Å². The molecule has 122 valence electrons. The van der Waals surface area contributed by atoms with Gasteiger partial charge in [-0.15, -0.1) is 0 Å². The zero-order valence-electron chi connectivity index (χ0n) is 15.2. The van der Waals surface area contributed by atoms with Crippen LogP contribution >= 0.6 is 0 Å². The Morgan fingerprint density at radius 2 is 1.29 bits per heavy atom. The topological polar surface area (TPSA) is 0 Å². The maximum Gasteiger partial charge on any atom is -0.0143 e. The quantitative estimate of drug-likeness (QED) is 0.465. The van der Waals surface area contributed by atoms with Gasteiger partial charge in [-0.05, 0) is 65.6 Å². The van der Waals surface area contributed by atoms with Crippen molar-refractivity contribution in [1.82, 2.24) is 0 Å². The molecule has 0 heteroatoms. The molecule has 0 fully saturated rings. The molecule has 0 radical (unpaired) electrons. The summed E-state index contributed by atoms with van der Waals surface area (Å²) in [6.07, 6.45) is 2.28. The molecule has 0 unspecified atom stereocenters. The van der Waals surface area contributed by atoms with E-state index in [0.717, 1.165) is 12.8 Å². The minimum Gasteiger partial charge on any atom is -0.0683 e. The van der Waals surface area contributed by atoms with Crippen molar-refractivity contribution in [2.75, 3.05) is 0 Å². The summed E-state index contributed by atoms with van der Waals surface area (Å²) in [6.45, 7) is 8.39. The Balaban J connectivity index is 0.000000815. The van der Waals surface area contributed by atoms with Crippen LogP contribution in [0.5, 0.6) is 0 Å². The van der Waals surface area contributed by atoms with Gasteiger partial charge in [0.2, 0.25) is 0 Å². The molecule has 24 heavy (non-hydrogen) atoms. The summed E-state index contributed by atoms with van der Waals surface area (Å²) in [7, 11) is 0. The van der Waals surface area contributed by atoms with Crippen molar-refractivity contribution in [3.8, 4) is 22.3 Å². The Morgan fingerprint density at radius 1 is 0.625 bits per heavy atom. The highest BCUT2D eigenvalue weighted by atomic mass is 14.2. The maximum atomic E-state index is 2.32. The van der Waals surface area contributed by atoms with Crippen LogP contribution in [0.3, 0.4) is 0 Å². The molecule has 0 spiro atoms. The fourth-order valence-corrected chi connectivity index (χ4v) is 3.65. The molecule has 1 aliphatic rings. The molecular formula is C24H26. The molecule has 0 nitrogen and oxygen atoms in total. The molecule has 0 N–H and O–H groups in total. The lowest BCUT2D eigenvalue weighted by molar-refractivity contribution is 0.943. The Morgan fingerprint density at radius 3 is 2.08 bits per heavy atom. The van der Waals surface area contributed by atoms with E-state index in [1.54, 1.807) is 0 Å². The van der Waals surface area contributed by atoms with Crippen LogP contribution in [0.25, 0.3) is 22.3 Å². The van der Waals surface area contributed by atoms with Gasteiger partial charge >= 0.3 is 0 Å². The molecule has 0 atom stereocenters. The summed E-state index contributed by atoms with van der Waals surface area (Å²) in [5, 5.41) is 0. The van der Waals surface area contributed by atoms with Crippen LogP contribution < -0.4 is 0 Å². The minimum atomic E-state index is 1.13. The highest BCUT2D eigenvalue weighted by Gasteiger charge is 2.19. The molecule has 0 aromatic heterocycles. The van der Waals surface area contributed by atoms with Crippen molar-refractivity contribution in [3.63, 3.8) is 0 Å². The predicted molar refractivity (Wildman–Crippen MR) is 106 cm³/mol. The van der Waals surface area contributed by atoms with Crippen molar-refractivity contribution in [3.05, 3.63) is 82.9 Å². The van der Waals surface area contributed by atoms with Gasteiger partial charge in [-0.3, -0.25) is 0 Å². The van der Waals surface area contributed by atoms with Crippen LogP contribution in [-0.2, 0) is 12.8 Å². The number of benzene rings is 3. The summed E-state index contributed by atoms with van der Waals surface area (Å²) >= 11 is 0. The molecule has 0 aliphatic heterocycles. The maximum absolute atomic E-state index is 2.32. The van der Waals surface area contributed by atoms with Crippen LogP contribution in [-0.4, -0.2) is 0 Å². The van der Waals surface area contributed by atoms with Gasteiger partial charge in [0.15, 0.2) is 0 Å². The number of fused-ring (bicyclic) bond motifs is 3. The monoisotopic (exact) mass is 314 g/mol. The van der Waals surface area contributed by atoms with Gasteiger partial charge in [-0.25, -0.2) is 0 Å². The van der Waals surface area contributed by atoms with Crippen LogP contribution in [0, 0.1) is 13.8 Å². The fourth-order valence-electron chi connectivity index (χ4n) is 3.65. The van der Waals surface area contributed by atoms with Gasteiger partial charge in [0, 0.05) is 0 Å². The molecule has 0 amide bonds. The van der Waals surface area contributed by atoms with Gasteiger partial charge in [-0.2, -0.15) is 0 Å². The minimum absolute atomic E-state index is 1.13. The van der Waals surface area contributed by atoms with E-state index in [9.17, 15) is 0 Å². The predicted octanol–water partition coefficient (Wildman–Crippen LogP) is 6.76. The second-order valence-electron chi connectivity index (χ2n) is 6.31. The lowest BCUT2D eigenvalue weighted by Crippen LogP contribution is -2.05. The normalized spacial score (nSPS) is 11.8. The zero-order chi connectivity index (χ0) is 17.1. The van der Waals surface area contributed by atoms with Gasteiger partial charge in [-0.1, -0.05) is 80.1 Å². The van der Waals surface area contributed by atoms with Crippen LogP contribution in [0.1, 0.15) is 36.1 Å². The first-order valence-corrected chi connectivity index (χ1v) is 9.02. The van der Waals surface area contributed by atoms with E-state index in [1.807, 2.05) is 13.8 Å². The van der Waals surface area contributed by atoms with Crippen LogP contribution in [0.2, 0.25) is 0 Å². The lowest BCUT2D eigenvalue weighted by atomic mass is 9.81. The van der Waals surface area contributed by atoms with Crippen molar-refractivity contribution in [1.29, 1.82) is 0 Å². The smallest absolute Gasteiger partial charge is 0.0143 e. The van der Waals surface area contributed by atoms with E-state index in [0.29, 0.717) is 0 Å². The highest BCUT2D eigenvalue weighted by molar-refractivity contribution is 5.82. The lowest BCUT2D eigenvalue weighted by Gasteiger charge is -2.23. The summed E-state index contributed by atoms with van der Waals surface area (Å²) in [5.41, 5.74) is 11.3. The van der Waals surface area contributed by atoms with Gasteiger partial charge in [0.05, 0.1) is 0 Å². The van der Waals surface area contributed by atoms with Crippen LogP contribution in [0.15, 0.2) is 60.7 Å². The first kappa shape index (κ1) is 16.5. The standard InChI is InChI=1S/C22H20.C2H6/c1-15-10-11-16(2)22(14-15)20-9-5-8-19-18-7-4-3-6-17(18)12-13-21(19)20;1-2/h3-11,14H,12-13H2,1-2H3;1-2H3. The summed E-state index contributed by atoms with van der Waals surface area (Å²) < 4.78 is 0. The van der Waals surface area contributed by atoms with Gasteiger partial charge < -0.3 is 0 Å². The number of aryl methyl sites for hydroxylation is 3. The summed E-state index contributed by atoms with van der Waals surface area (Å²) in [5.74, 6) is 0. The molecule has 3 aromatic rings. The molecule has 0 heterocycles. The van der Waals surface area contributed by atoms with E-state index in [2.05, 4.69) is 74.5 Å². The third-order valence-electron chi connectivity index (χ3n) is 4.81.